The van der Waals surface area contributed by atoms with Crippen LogP contribution < -0.4 is 0 Å². The van der Waals surface area contributed by atoms with E-state index in [9.17, 15) is 0 Å². The number of rotatable bonds is 6. The molecule has 2 heteroatoms. The van der Waals surface area contributed by atoms with Crippen molar-refractivity contribution in [2.75, 3.05) is 0 Å². The molecule has 8 aliphatic carbocycles. The summed E-state index contributed by atoms with van der Waals surface area (Å²) in [6, 6.07) is 37.7. The Hall–Kier alpha value is -1.91. The van der Waals surface area contributed by atoms with Crippen molar-refractivity contribution < 1.29 is 17.1 Å². The van der Waals surface area contributed by atoms with Gasteiger partial charge in [-0.15, -0.1) is 43.3 Å². The van der Waals surface area contributed by atoms with E-state index in [1.165, 1.54) is 22.9 Å². The predicted molar refractivity (Wildman–Crippen MR) is 187 cm³/mol. The van der Waals surface area contributed by atoms with Gasteiger partial charge >= 0.3 is 0 Å². The average Bonchev–Trinajstić information content (AvgIpc) is 3.75. The Labute approximate surface area is 283 Å². The third-order valence-corrected chi connectivity index (χ3v) is 17.1. The van der Waals surface area contributed by atoms with E-state index < -0.39 is 0 Å². The van der Waals surface area contributed by atoms with Gasteiger partial charge in [-0.3, -0.25) is 0 Å². The van der Waals surface area contributed by atoms with Crippen molar-refractivity contribution in [1.82, 2.24) is 0 Å². The van der Waals surface area contributed by atoms with Gasteiger partial charge in [0.1, 0.15) is 0 Å². The van der Waals surface area contributed by atoms with Gasteiger partial charge in [-0.05, 0) is 129 Å². The topological polar surface area (TPSA) is 0 Å². The van der Waals surface area contributed by atoms with E-state index in [2.05, 4.69) is 72.8 Å². The molecule has 0 saturated heterocycles. The smallest absolute Gasteiger partial charge is 0 e. The van der Waals surface area contributed by atoms with Crippen LogP contribution in [0.5, 0.6) is 0 Å². The minimum Gasteiger partial charge on any atom is -0.748 e. The standard InChI is InChI=1S/C38H44P.C5H5.Fe/c1-3-7-28(8-4-1)35-12-11-30(36(35)29-9-5-2-6-10-29)23-39(37-31-15-24-13-25(17-31)18-32(37)16-24)38-33-19-26-14-27(21-33)22-34(38)20-26;1-2-4-5-3-1;/h1-12,24-27,31-34,37-38H,13-23H2;1-5H;/q-1;-5;. The zero-order valence-corrected chi connectivity index (χ0v) is 28.7. The van der Waals surface area contributed by atoms with E-state index in [0.717, 1.165) is 58.7 Å². The van der Waals surface area contributed by atoms with E-state index >= 15 is 0 Å². The van der Waals surface area contributed by atoms with Gasteiger partial charge in [0.2, 0.25) is 0 Å². The van der Waals surface area contributed by atoms with E-state index in [1.807, 2.05) is 30.3 Å². The molecular weight excluding hydrogens is 603 g/mol. The Bertz CT molecular complexity index is 1400. The predicted octanol–water partition coefficient (Wildman–Crippen LogP) is 11.8. The Balaban J connectivity index is 0.000000460. The second kappa shape index (κ2) is 12.9. The molecule has 0 aromatic heterocycles. The monoisotopic (exact) mass is 652 g/mol. The molecule has 0 radical (unpaired) electrons. The molecule has 4 aromatic rings. The molecule has 0 heterocycles. The van der Waals surface area contributed by atoms with Crippen LogP contribution in [0, 0.1) is 47.3 Å². The Morgan fingerprint density at radius 2 is 0.956 bits per heavy atom. The maximum Gasteiger partial charge on any atom is 0 e. The zero-order valence-electron chi connectivity index (χ0n) is 26.7. The molecule has 45 heavy (non-hydrogen) atoms. The first-order valence-corrected chi connectivity index (χ1v) is 19.7. The fraction of sp³-hybridized carbons (Fsp3) is 0.488. The van der Waals surface area contributed by atoms with Gasteiger partial charge in [0.15, 0.2) is 0 Å². The molecule has 0 atom stereocenters. The zero-order chi connectivity index (χ0) is 29.0. The SMILES string of the molecule is [Fe].[cH-]1[cH-][cH-][cH-][cH-]1.c1ccc(-c2c(CP(C3C4CC5CC(C4)CC3C5)C3C4CC5CC(C4)CC3C5)cc[c-]2-c2ccccc2)cc1. The summed E-state index contributed by atoms with van der Waals surface area (Å²) >= 11 is 0. The normalized spacial score (nSPS) is 35.8. The quantitative estimate of drug-likeness (QED) is 0.110. The van der Waals surface area contributed by atoms with Gasteiger partial charge in [0.25, 0.3) is 0 Å². The summed E-state index contributed by atoms with van der Waals surface area (Å²) in [7, 11) is 0.00111. The largest absolute Gasteiger partial charge is 0.748 e. The Kier molecular flexibility index (Phi) is 8.75. The van der Waals surface area contributed by atoms with Crippen molar-refractivity contribution in [1.29, 1.82) is 0 Å². The molecule has 12 rings (SSSR count). The van der Waals surface area contributed by atoms with Crippen molar-refractivity contribution >= 4 is 7.92 Å². The number of benzene rings is 2. The van der Waals surface area contributed by atoms with E-state index in [4.69, 9.17) is 0 Å². The molecule has 0 spiro atoms. The van der Waals surface area contributed by atoms with Crippen LogP contribution >= 0.6 is 7.92 Å². The van der Waals surface area contributed by atoms with Crippen molar-refractivity contribution in [3.05, 3.63) is 109 Å². The van der Waals surface area contributed by atoms with Gasteiger partial charge in [-0.2, -0.15) is 0 Å². The summed E-state index contributed by atoms with van der Waals surface area (Å²) in [5.41, 5.74) is 9.65. The minimum absolute atomic E-state index is 0. The first-order valence-electron chi connectivity index (χ1n) is 18.1. The van der Waals surface area contributed by atoms with Crippen LogP contribution in [0.4, 0.5) is 0 Å². The summed E-state index contributed by atoms with van der Waals surface area (Å²) in [5.74, 6) is 8.60. The molecule has 0 aliphatic heterocycles. The molecular formula is C43H49FeP-6. The average molecular weight is 653 g/mol. The van der Waals surface area contributed by atoms with E-state index in [1.54, 1.807) is 75.3 Å². The first kappa shape index (κ1) is 30.4. The molecule has 240 valence electrons. The van der Waals surface area contributed by atoms with E-state index in [-0.39, 0.29) is 25.0 Å². The Morgan fingerprint density at radius 1 is 0.533 bits per heavy atom. The maximum absolute atomic E-state index is 2.58. The fourth-order valence-electron chi connectivity index (χ4n) is 12.3. The third kappa shape index (κ3) is 5.79. The van der Waals surface area contributed by atoms with Crippen LogP contribution in [0.3, 0.4) is 0 Å². The molecule has 8 aliphatic rings. The van der Waals surface area contributed by atoms with Crippen molar-refractivity contribution in [3.8, 4) is 22.3 Å². The molecule has 4 aromatic carbocycles. The summed E-state index contributed by atoms with van der Waals surface area (Å²) in [4.78, 5) is 0. The molecule has 0 N–H and O–H groups in total. The van der Waals surface area contributed by atoms with Crippen molar-refractivity contribution in [2.24, 2.45) is 47.3 Å². The molecule has 0 unspecified atom stereocenters. The molecule has 0 amide bonds. The van der Waals surface area contributed by atoms with Crippen LogP contribution in [-0.2, 0) is 23.2 Å². The first-order chi connectivity index (χ1) is 21.8. The van der Waals surface area contributed by atoms with Crippen LogP contribution in [0.25, 0.3) is 22.3 Å². The van der Waals surface area contributed by atoms with E-state index in [0.29, 0.717) is 0 Å². The van der Waals surface area contributed by atoms with Gasteiger partial charge in [0, 0.05) is 17.1 Å². The summed E-state index contributed by atoms with van der Waals surface area (Å²) in [5, 5.41) is 0. The van der Waals surface area contributed by atoms with Gasteiger partial charge in [-0.1, -0.05) is 65.2 Å². The molecule has 0 nitrogen and oxygen atoms in total. The molecule has 8 saturated carbocycles. The number of hydrogen-bond acceptors (Lipinski definition) is 0. The van der Waals surface area contributed by atoms with Crippen LogP contribution in [-0.4, -0.2) is 11.3 Å². The van der Waals surface area contributed by atoms with Crippen LogP contribution in [0.1, 0.15) is 69.8 Å². The number of hydrogen-bond donors (Lipinski definition) is 0. The van der Waals surface area contributed by atoms with Gasteiger partial charge in [-0.25, -0.2) is 0 Å². The molecule has 8 bridgehead atoms. The Morgan fingerprint density at radius 3 is 1.40 bits per heavy atom. The summed E-state index contributed by atoms with van der Waals surface area (Å²) < 4.78 is 0. The fourth-order valence-corrected chi connectivity index (χ4v) is 16.9. The van der Waals surface area contributed by atoms with Gasteiger partial charge < -0.3 is 30.3 Å². The van der Waals surface area contributed by atoms with Crippen LogP contribution in [0.2, 0.25) is 0 Å². The van der Waals surface area contributed by atoms with Crippen molar-refractivity contribution in [3.63, 3.8) is 0 Å². The maximum atomic E-state index is 2.58. The molecule has 8 fully saturated rings. The van der Waals surface area contributed by atoms with Crippen molar-refractivity contribution in [2.45, 2.75) is 81.7 Å². The summed E-state index contributed by atoms with van der Waals surface area (Å²) in [6.45, 7) is 0. The minimum atomic E-state index is 0. The second-order valence-electron chi connectivity index (χ2n) is 15.9. The summed E-state index contributed by atoms with van der Waals surface area (Å²) in [6.07, 6.45) is 17.3. The van der Waals surface area contributed by atoms with Crippen LogP contribution in [0.15, 0.2) is 103 Å². The third-order valence-electron chi connectivity index (χ3n) is 13.2. The second-order valence-corrected chi connectivity index (χ2v) is 18.4. The van der Waals surface area contributed by atoms with Gasteiger partial charge in [0.05, 0.1) is 0 Å².